The van der Waals surface area contributed by atoms with E-state index in [1.165, 1.54) is 17.5 Å². The summed E-state index contributed by atoms with van der Waals surface area (Å²) >= 11 is 0. The maximum atomic E-state index is 12.4. The molecule has 0 bridgehead atoms. The van der Waals surface area contributed by atoms with Gasteiger partial charge in [0.2, 0.25) is 5.91 Å². The van der Waals surface area contributed by atoms with Crippen molar-refractivity contribution < 1.29 is 4.79 Å². The van der Waals surface area contributed by atoms with Crippen molar-refractivity contribution in [1.29, 1.82) is 0 Å². The summed E-state index contributed by atoms with van der Waals surface area (Å²) in [6.45, 7) is 2.18. The highest BCUT2D eigenvalue weighted by molar-refractivity contribution is 5.81. The number of aromatic nitrogens is 2. The van der Waals surface area contributed by atoms with E-state index in [1.807, 2.05) is 18.2 Å². The SMILES string of the molecule is O=C(Cn1ncc2ccccc2c1=O)N[C@H]1CCN2CCCC[C@H]12. The minimum atomic E-state index is -0.214. The summed E-state index contributed by atoms with van der Waals surface area (Å²) in [5.41, 5.74) is -0.214. The molecule has 1 aromatic heterocycles. The molecule has 4 rings (SSSR count). The van der Waals surface area contributed by atoms with Crippen LogP contribution in [0.3, 0.4) is 0 Å². The number of nitrogens with zero attached hydrogens (tertiary/aromatic N) is 3. The van der Waals surface area contributed by atoms with Gasteiger partial charge in [0.05, 0.1) is 11.6 Å². The molecule has 2 aliphatic heterocycles. The first-order chi connectivity index (χ1) is 11.7. The van der Waals surface area contributed by atoms with Gasteiger partial charge < -0.3 is 5.32 Å². The van der Waals surface area contributed by atoms with Crippen molar-refractivity contribution in [2.75, 3.05) is 13.1 Å². The number of hydrogen-bond acceptors (Lipinski definition) is 4. The van der Waals surface area contributed by atoms with Crippen LogP contribution in [0.5, 0.6) is 0 Å². The maximum Gasteiger partial charge on any atom is 0.275 e. The molecule has 126 valence electrons. The summed E-state index contributed by atoms with van der Waals surface area (Å²) in [4.78, 5) is 27.3. The molecular weight excluding hydrogens is 304 g/mol. The number of nitrogens with one attached hydrogen (secondary N) is 1. The molecule has 1 amide bonds. The van der Waals surface area contributed by atoms with Crippen LogP contribution in [0.1, 0.15) is 25.7 Å². The van der Waals surface area contributed by atoms with Crippen molar-refractivity contribution in [3.63, 3.8) is 0 Å². The largest absolute Gasteiger partial charge is 0.350 e. The zero-order chi connectivity index (χ0) is 16.5. The standard InChI is InChI=1S/C18H22N4O2/c23-17(20-15-8-10-21-9-4-3-7-16(15)21)12-22-18(24)14-6-2-1-5-13(14)11-19-22/h1-2,5-6,11,15-16H,3-4,7-10,12H2,(H,20,23)/t15-,16+/m0/s1. The molecule has 1 N–H and O–H groups in total. The number of benzene rings is 1. The van der Waals surface area contributed by atoms with Crippen molar-refractivity contribution in [2.24, 2.45) is 0 Å². The van der Waals surface area contributed by atoms with Gasteiger partial charge in [-0.1, -0.05) is 24.6 Å². The van der Waals surface area contributed by atoms with Gasteiger partial charge >= 0.3 is 0 Å². The van der Waals surface area contributed by atoms with E-state index >= 15 is 0 Å². The Balaban J connectivity index is 1.47. The first kappa shape index (κ1) is 15.3. The van der Waals surface area contributed by atoms with E-state index in [-0.39, 0.29) is 24.1 Å². The summed E-state index contributed by atoms with van der Waals surface area (Å²) in [7, 11) is 0. The van der Waals surface area contributed by atoms with E-state index in [0.717, 1.165) is 31.3 Å². The fourth-order valence-corrected chi connectivity index (χ4v) is 4.04. The zero-order valence-corrected chi connectivity index (χ0v) is 13.6. The molecule has 6 heteroatoms. The van der Waals surface area contributed by atoms with Crippen molar-refractivity contribution in [2.45, 2.75) is 44.3 Å². The van der Waals surface area contributed by atoms with Crippen molar-refractivity contribution >= 4 is 16.7 Å². The van der Waals surface area contributed by atoms with Crippen LogP contribution in [0, 0.1) is 0 Å². The van der Waals surface area contributed by atoms with Crippen LogP contribution in [0.4, 0.5) is 0 Å². The third-order valence-electron chi connectivity index (χ3n) is 5.26. The Labute approximate surface area is 140 Å². The second-order valence-electron chi connectivity index (χ2n) is 6.76. The summed E-state index contributed by atoms with van der Waals surface area (Å²) in [6, 6.07) is 7.98. The third-order valence-corrected chi connectivity index (χ3v) is 5.26. The number of rotatable bonds is 3. The van der Waals surface area contributed by atoms with Gasteiger partial charge in [-0.2, -0.15) is 5.10 Å². The summed E-state index contributed by atoms with van der Waals surface area (Å²) in [6.07, 6.45) is 6.28. The van der Waals surface area contributed by atoms with Crippen LogP contribution < -0.4 is 10.9 Å². The zero-order valence-electron chi connectivity index (χ0n) is 13.6. The van der Waals surface area contributed by atoms with Crippen LogP contribution >= 0.6 is 0 Å². The molecule has 2 saturated heterocycles. The highest BCUT2D eigenvalue weighted by atomic mass is 16.2. The van der Waals surface area contributed by atoms with Gasteiger partial charge in [-0.05, 0) is 31.9 Å². The first-order valence-electron chi connectivity index (χ1n) is 8.71. The van der Waals surface area contributed by atoms with E-state index in [1.54, 1.807) is 12.3 Å². The number of carbonyl (C=O) groups excluding carboxylic acids is 1. The monoisotopic (exact) mass is 326 g/mol. The predicted molar refractivity (Wildman–Crippen MR) is 91.8 cm³/mol. The Bertz CT molecular complexity index is 816. The Morgan fingerprint density at radius 3 is 3.00 bits per heavy atom. The predicted octanol–water partition coefficient (Wildman–Crippen LogP) is 1.14. The molecule has 0 saturated carbocycles. The topological polar surface area (TPSA) is 67.2 Å². The van der Waals surface area contributed by atoms with Crippen molar-refractivity contribution in [3.8, 4) is 0 Å². The quantitative estimate of drug-likeness (QED) is 0.918. The second kappa shape index (κ2) is 6.36. The van der Waals surface area contributed by atoms with E-state index in [4.69, 9.17) is 0 Å². The summed E-state index contributed by atoms with van der Waals surface area (Å²) in [5, 5.41) is 8.65. The fraction of sp³-hybridized carbons (Fsp3) is 0.500. The van der Waals surface area contributed by atoms with Crippen LogP contribution in [0.15, 0.2) is 35.3 Å². The van der Waals surface area contributed by atoms with Gasteiger partial charge in [0, 0.05) is 24.0 Å². The molecule has 24 heavy (non-hydrogen) atoms. The lowest BCUT2D eigenvalue weighted by Gasteiger charge is -2.32. The minimum absolute atomic E-state index is 0.0209. The highest BCUT2D eigenvalue weighted by Gasteiger charge is 2.36. The molecule has 0 spiro atoms. The average Bonchev–Trinajstić information content (AvgIpc) is 3.01. The Morgan fingerprint density at radius 1 is 1.21 bits per heavy atom. The van der Waals surface area contributed by atoms with Gasteiger partial charge in [-0.25, -0.2) is 4.68 Å². The van der Waals surface area contributed by atoms with Crippen LogP contribution in [0.25, 0.3) is 10.8 Å². The molecule has 1 aromatic carbocycles. The molecule has 3 heterocycles. The first-order valence-corrected chi connectivity index (χ1v) is 8.71. The lowest BCUT2D eigenvalue weighted by atomic mass is 9.99. The average molecular weight is 326 g/mol. The lowest BCUT2D eigenvalue weighted by Crippen LogP contribution is -2.48. The number of carbonyl (C=O) groups is 1. The van der Waals surface area contributed by atoms with Crippen LogP contribution in [-0.2, 0) is 11.3 Å². The smallest absolute Gasteiger partial charge is 0.275 e. The Morgan fingerprint density at radius 2 is 2.08 bits per heavy atom. The van der Waals surface area contributed by atoms with Crippen LogP contribution in [0.2, 0.25) is 0 Å². The van der Waals surface area contributed by atoms with E-state index in [9.17, 15) is 9.59 Å². The van der Waals surface area contributed by atoms with Gasteiger partial charge in [0.25, 0.3) is 5.56 Å². The Kier molecular flexibility index (Phi) is 4.06. The third kappa shape index (κ3) is 2.82. The van der Waals surface area contributed by atoms with Crippen molar-refractivity contribution in [3.05, 3.63) is 40.8 Å². The fourth-order valence-electron chi connectivity index (χ4n) is 4.04. The minimum Gasteiger partial charge on any atom is -0.350 e. The molecule has 6 nitrogen and oxygen atoms in total. The maximum absolute atomic E-state index is 12.4. The van der Waals surface area contributed by atoms with Crippen molar-refractivity contribution in [1.82, 2.24) is 20.0 Å². The van der Waals surface area contributed by atoms with E-state index in [2.05, 4.69) is 15.3 Å². The lowest BCUT2D eigenvalue weighted by molar-refractivity contribution is -0.122. The molecule has 2 fully saturated rings. The van der Waals surface area contributed by atoms with E-state index < -0.39 is 0 Å². The van der Waals surface area contributed by atoms with Gasteiger partial charge in [0.15, 0.2) is 0 Å². The van der Waals surface area contributed by atoms with Crippen LogP contribution in [-0.4, -0.2) is 45.8 Å². The molecule has 0 radical (unpaired) electrons. The molecule has 2 aromatic rings. The number of amides is 1. The van der Waals surface area contributed by atoms with Gasteiger partial charge in [0.1, 0.15) is 6.54 Å². The highest BCUT2D eigenvalue weighted by Crippen LogP contribution is 2.27. The van der Waals surface area contributed by atoms with Gasteiger partial charge in [-0.15, -0.1) is 0 Å². The normalized spacial score (nSPS) is 24.0. The molecule has 2 aliphatic rings. The second-order valence-corrected chi connectivity index (χ2v) is 6.76. The molecule has 0 aliphatic carbocycles. The molecular formula is C18H22N4O2. The number of hydrogen-bond donors (Lipinski definition) is 1. The van der Waals surface area contributed by atoms with Gasteiger partial charge in [-0.3, -0.25) is 14.5 Å². The Hall–Kier alpha value is -2.21. The molecule has 2 atom stereocenters. The number of piperidine rings is 1. The molecule has 0 unspecified atom stereocenters. The summed E-state index contributed by atoms with van der Waals surface area (Å²) < 4.78 is 1.26. The number of fused-ring (bicyclic) bond motifs is 2. The summed E-state index contributed by atoms with van der Waals surface area (Å²) in [5.74, 6) is -0.127. The van der Waals surface area contributed by atoms with E-state index in [0.29, 0.717) is 11.4 Å².